The summed E-state index contributed by atoms with van der Waals surface area (Å²) in [4.78, 5) is 0. The molecule has 0 saturated heterocycles. The molecule has 0 amide bonds. The van der Waals surface area contributed by atoms with E-state index >= 15 is 0 Å². The van der Waals surface area contributed by atoms with Crippen molar-refractivity contribution in [2.45, 2.75) is 38.9 Å². The summed E-state index contributed by atoms with van der Waals surface area (Å²) in [6.07, 6.45) is 0. The highest BCUT2D eigenvalue weighted by molar-refractivity contribution is 6.74. The monoisotopic (exact) mass is 379 g/mol. The van der Waals surface area contributed by atoms with E-state index in [9.17, 15) is 8.78 Å². The Hall–Kier alpha value is -1.92. The van der Waals surface area contributed by atoms with Gasteiger partial charge >= 0.3 is 0 Å². The minimum absolute atomic E-state index is 0.0996. The standard InChI is InChI=1S/C20H27F2NO2Si/c1-20(2,3)26(4,5)25-11-10-24-19-9-7-6-8-14(19)15-12-18(23)17(22)13-16(15)21/h6-9,12-13H,10-11,23H2,1-5H3. The smallest absolute Gasteiger partial charge is 0.192 e. The van der Waals surface area contributed by atoms with Crippen molar-refractivity contribution >= 4 is 14.0 Å². The number of rotatable bonds is 6. The zero-order chi connectivity index (χ0) is 19.5. The summed E-state index contributed by atoms with van der Waals surface area (Å²) >= 11 is 0. The van der Waals surface area contributed by atoms with Gasteiger partial charge < -0.3 is 14.9 Å². The molecule has 2 rings (SSSR count). The summed E-state index contributed by atoms with van der Waals surface area (Å²) in [7, 11) is -1.84. The Kier molecular flexibility index (Phi) is 6.08. The Bertz CT molecular complexity index is 773. The highest BCUT2D eigenvalue weighted by Gasteiger charge is 2.36. The van der Waals surface area contributed by atoms with Gasteiger partial charge in [-0.15, -0.1) is 0 Å². The van der Waals surface area contributed by atoms with Gasteiger partial charge in [0.15, 0.2) is 8.32 Å². The maximum absolute atomic E-state index is 14.2. The molecule has 0 aliphatic rings. The Morgan fingerprint density at radius 2 is 1.62 bits per heavy atom. The highest BCUT2D eigenvalue weighted by Crippen LogP contribution is 2.37. The minimum atomic E-state index is -1.84. The first-order valence-electron chi connectivity index (χ1n) is 8.63. The molecule has 0 fully saturated rings. The van der Waals surface area contributed by atoms with Gasteiger partial charge in [-0.3, -0.25) is 0 Å². The zero-order valence-electron chi connectivity index (χ0n) is 16.0. The zero-order valence-corrected chi connectivity index (χ0v) is 17.0. The maximum atomic E-state index is 14.2. The van der Waals surface area contributed by atoms with Gasteiger partial charge in [-0.25, -0.2) is 8.78 Å². The molecule has 2 aromatic rings. The lowest BCUT2D eigenvalue weighted by molar-refractivity contribution is 0.204. The van der Waals surface area contributed by atoms with Crippen LogP contribution in [0.25, 0.3) is 11.1 Å². The Labute approximate surface area is 155 Å². The largest absolute Gasteiger partial charge is 0.491 e. The number of anilines is 1. The third-order valence-corrected chi connectivity index (χ3v) is 9.41. The quantitative estimate of drug-likeness (QED) is 0.403. The van der Waals surface area contributed by atoms with Crippen LogP contribution < -0.4 is 10.5 Å². The van der Waals surface area contributed by atoms with Crippen molar-refractivity contribution in [2.75, 3.05) is 18.9 Å². The van der Waals surface area contributed by atoms with Crippen LogP contribution in [-0.4, -0.2) is 21.5 Å². The van der Waals surface area contributed by atoms with Crippen LogP contribution in [0.4, 0.5) is 14.5 Å². The molecule has 26 heavy (non-hydrogen) atoms. The van der Waals surface area contributed by atoms with Crippen molar-refractivity contribution in [3.8, 4) is 16.9 Å². The van der Waals surface area contributed by atoms with Crippen molar-refractivity contribution in [1.29, 1.82) is 0 Å². The summed E-state index contributed by atoms with van der Waals surface area (Å²) in [5, 5.41) is 0.125. The van der Waals surface area contributed by atoms with E-state index in [1.807, 2.05) is 0 Å². The van der Waals surface area contributed by atoms with Crippen LogP contribution >= 0.6 is 0 Å². The molecule has 0 aliphatic heterocycles. The molecule has 6 heteroatoms. The van der Waals surface area contributed by atoms with E-state index in [0.717, 1.165) is 6.07 Å². The molecule has 2 N–H and O–H groups in total. The molecule has 0 aliphatic carbocycles. The summed E-state index contributed by atoms with van der Waals surface area (Å²) in [6.45, 7) is 11.7. The number of hydrogen-bond donors (Lipinski definition) is 1. The van der Waals surface area contributed by atoms with Gasteiger partial charge in [-0.05, 0) is 30.3 Å². The fraction of sp³-hybridized carbons (Fsp3) is 0.400. The lowest BCUT2D eigenvalue weighted by Gasteiger charge is -2.36. The van der Waals surface area contributed by atoms with Crippen molar-refractivity contribution in [2.24, 2.45) is 0 Å². The van der Waals surface area contributed by atoms with E-state index in [2.05, 4.69) is 33.9 Å². The lowest BCUT2D eigenvalue weighted by atomic mass is 10.0. The molecule has 0 radical (unpaired) electrons. The van der Waals surface area contributed by atoms with Gasteiger partial charge in [0.1, 0.15) is 24.0 Å². The first kappa shape index (κ1) is 20.4. The topological polar surface area (TPSA) is 44.5 Å². The molecule has 142 valence electrons. The van der Waals surface area contributed by atoms with Crippen LogP contribution in [0, 0.1) is 11.6 Å². The molecular weight excluding hydrogens is 352 g/mol. The summed E-state index contributed by atoms with van der Waals surface area (Å²) in [5.41, 5.74) is 6.23. The molecule has 0 aromatic heterocycles. The fourth-order valence-corrected chi connectivity index (χ4v) is 3.28. The van der Waals surface area contributed by atoms with E-state index in [4.69, 9.17) is 14.9 Å². The summed E-state index contributed by atoms with van der Waals surface area (Å²) in [6, 6.07) is 9.13. The lowest BCUT2D eigenvalue weighted by Crippen LogP contribution is -2.41. The van der Waals surface area contributed by atoms with E-state index in [-0.39, 0.29) is 16.3 Å². The van der Waals surface area contributed by atoms with Gasteiger partial charge in [0.05, 0.1) is 12.3 Å². The second kappa shape index (κ2) is 7.76. The average molecular weight is 380 g/mol. The van der Waals surface area contributed by atoms with Gasteiger partial charge in [0.2, 0.25) is 0 Å². The van der Waals surface area contributed by atoms with Gasteiger partial charge in [0, 0.05) is 17.2 Å². The molecule has 3 nitrogen and oxygen atoms in total. The van der Waals surface area contributed by atoms with Crippen molar-refractivity contribution < 1.29 is 17.9 Å². The second-order valence-corrected chi connectivity index (χ2v) is 12.6. The van der Waals surface area contributed by atoms with Crippen molar-refractivity contribution in [3.05, 3.63) is 48.0 Å². The fourth-order valence-electron chi connectivity index (χ4n) is 2.25. The normalized spacial score (nSPS) is 12.3. The third kappa shape index (κ3) is 4.62. The van der Waals surface area contributed by atoms with Gasteiger partial charge in [-0.2, -0.15) is 0 Å². The number of benzene rings is 2. The van der Waals surface area contributed by atoms with E-state index in [1.54, 1.807) is 24.3 Å². The number of nitrogen functional groups attached to an aromatic ring is 1. The molecular formula is C20H27F2NO2Si. The predicted molar refractivity (Wildman–Crippen MR) is 105 cm³/mol. The second-order valence-electron chi connectivity index (χ2n) is 7.81. The van der Waals surface area contributed by atoms with Crippen LogP contribution in [0.3, 0.4) is 0 Å². The molecule has 2 aromatic carbocycles. The number of nitrogens with two attached hydrogens (primary N) is 1. The van der Waals surface area contributed by atoms with Gasteiger partial charge in [0.25, 0.3) is 0 Å². The number of ether oxygens (including phenoxy) is 1. The van der Waals surface area contributed by atoms with E-state index in [0.29, 0.717) is 24.5 Å². The molecule has 0 atom stereocenters. The molecule has 0 bridgehead atoms. The van der Waals surface area contributed by atoms with E-state index in [1.165, 1.54) is 6.07 Å². The summed E-state index contributed by atoms with van der Waals surface area (Å²) in [5.74, 6) is -0.936. The third-order valence-electron chi connectivity index (χ3n) is 4.87. The molecule has 0 unspecified atom stereocenters. The predicted octanol–water partition coefficient (Wildman–Crippen LogP) is 5.61. The van der Waals surface area contributed by atoms with Crippen LogP contribution in [0.15, 0.2) is 36.4 Å². The Morgan fingerprint density at radius 1 is 0.962 bits per heavy atom. The Morgan fingerprint density at radius 3 is 2.27 bits per heavy atom. The summed E-state index contributed by atoms with van der Waals surface area (Å²) < 4.78 is 39.5. The first-order chi connectivity index (χ1) is 12.0. The maximum Gasteiger partial charge on any atom is 0.192 e. The molecule has 0 spiro atoms. The minimum Gasteiger partial charge on any atom is -0.491 e. The van der Waals surface area contributed by atoms with Crippen LogP contribution in [0.1, 0.15) is 20.8 Å². The van der Waals surface area contributed by atoms with E-state index < -0.39 is 20.0 Å². The number of halogens is 2. The number of para-hydroxylation sites is 1. The molecule has 0 heterocycles. The average Bonchev–Trinajstić information content (AvgIpc) is 2.54. The first-order valence-corrected chi connectivity index (χ1v) is 11.5. The Balaban J connectivity index is 2.12. The van der Waals surface area contributed by atoms with Crippen molar-refractivity contribution in [3.63, 3.8) is 0 Å². The van der Waals surface area contributed by atoms with Crippen LogP contribution in [0.5, 0.6) is 5.75 Å². The van der Waals surface area contributed by atoms with Gasteiger partial charge in [-0.1, -0.05) is 39.0 Å². The number of hydrogen-bond acceptors (Lipinski definition) is 3. The SMILES string of the molecule is CC(C)(C)[Si](C)(C)OCCOc1ccccc1-c1cc(N)c(F)cc1F. The van der Waals surface area contributed by atoms with Crippen LogP contribution in [0.2, 0.25) is 18.1 Å². The van der Waals surface area contributed by atoms with Crippen molar-refractivity contribution in [1.82, 2.24) is 0 Å². The highest BCUT2D eigenvalue weighted by atomic mass is 28.4. The van der Waals surface area contributed by atoms with Crippen LogP contribution in [-0.2, 0) is 4.43 Å². The molecule has 0 saturated carbocycles.